The van der Waals surface area contributed by atoms with Gasteiger partial charge in [0.15, 0.2) is 11.0 Å². The second-order valence-electron chi connectivity index (χ2n) is 6.20. The molecule has 0 saturated carbocycles. The Labute approximate surface area is 154 Å². The van der Waals surface area contributed by atoms with Gasteiger partial charge in [-0.3, -0.25) is 9.69 Å². The van der Waals surface area contributed by atoms with Crippen LogP contribution in [0.1, 0.15) is 42.0 Å². The Balaban J connectivity index is 1.69. The molecule has 0 amide bonds. The van der Waals surface area contributed by atoms with Gasteiger partial charge in [0.05, 0.1) is 6.04 Å². The van der Waals surface area contributed by atoms with E-state index in [0.717, 1.165) is 35.0 Å². The van der Waals surface area contributed by atoms with Crippen molar-refractivity contribution in [3.8, 4) is 0 Å². The number of thioether (sulfide) groups is 1. The Bertz CT molecular complexity index is 772. The summed E-state index contributed by atoms with van der Waals surface area (Å²) < 4.78 is 2.55. The van der Waals surface area contributed by atoms with Crippen LogP contribution in [0.2, 0.25) is 0 Å². The van der Waals surface area contributed by atoms with Gasteiger partial charge in [-0.05, 0) is 43.6 Å². The highest BCUT2D eigenvalue weighted by molar-refractivity contribution is 9.10. The van der Waals surface area contributed by atoms with E-state index >= 15 is 0 Å². The first-order chi connectivity index (χ1) is 11.7. The number of halogens is 1. The van der Waals surface area contributed by atoms with Gasteiger partial charge in [0, 0.05) is 10.9 Å². The molecule has 2 aliphatic rings. The van der Waals surface area contributed by atoms with E-state index in [1.54, 1.807) is 11.8 Å². The molecule has 7 heteroatoms. The number of likely N-dealkylation sites (tertiary alicyclic amines) is 1. The Morgan fingerprint density at radius 3 is 2.83 bits per heavy atom. The second-order valence-corrected chi connectivity index (χ2v) is 8.22. The van der Waals surface area contributed by atoms with Crippen LogP contribution in [-0.4, -0.2) is 43.9 Å². The van der Waals surface area contributed by atoms with Gasteiger partial charge in [-0.1, -0.05) is 46.7 Å². The first-order valence-electron chi connectivity index (χ1n) is 8.33. The molecule has 5 nitrogen and oxygen atoms in total. The molecule has 126 valence electrons. The highest BCUT2D eigenvalue weighted by Gasteiger charge is 2.43. The predicted molar refractivity (Wildman–Crippen MR) is 97.4 cm³/mol. The number of carbonyl (C=O) groups excluding carboxylic acids is 1. The molecule has 1 aromatic heterocycles. The molecule has 1 fully saturated rings. The van der Waals surface area contributed by atoms with Crippen LogP contribution in [0.25, 0.3) is 0 Å². The van der Waals surface area contributed by atoms with Gasteiger partial charge in [0.25, 0.3) is 5.91 Å². The van der Waals surface area contributed by atoms with Crippen molar-refractivity contribution in [2.24, 2.45) is 0 Å². The monoisotopic (exact) mass is 406 g/mol. The van der Waals surface area contributed by atoms with Crippen LogP contribution in [0.4, 0.5) is 0 Å². The molecule has 3 heterocycles. The maximum absolute atomic E-state index is 13.0. The minimum absolute atomic E-state index is 0.0547. The summed E-state index contributed by atoms with van der Waals surface area (Å²) in [5.41, 5.74) is 1.18. The van der Waals surface area contributed by atoms with Crippen LogP contribution < -0.4 is 0 Å². The Hall–Kier alpha value is -1.18. The molecule has 0 spiro atoms. The number of hydrogen-bond donors (Lipinski definition) is 0. The van der Waals surface area contributed by atoms with Crippen molar-refractivity contribution in [2.45, 2.75) is 42.6 Å². The zero-order valence-electron chi connectivity index (χ0n) is 13.5. The molecule has 2 aliphatic heterocycles. The summed E-state index contributed by atoms with van der Waals surface area (Å²) in [6.45, 7) is 4.08. The van der Waals surface area contributed by atoms with Crippen molar-refractivity contribution >= 4 is 33.6 Å². The number of aromatic nitrogens is 3. The van der Waals surface area contributed by atoms with Gasteiger partial charge >= 0.3 is 0 Å². The SMILES string of the molecule is CCc1nc2n(n1)C(=O)C(C(c1cccc(Br)c1)N1CCCC1)S2. The largest absolute Gasteiger partial charge is 0.295 e. The lowest BCUT2D eigenvalue weighted by Crippen LogP contribution is -2.37. The number of hydrogen-bond acceptors (Lipinski definition) is 5. The van der Waals surface area contributed by atoms with E-state index in [0.29, 0.717) is 0 Å². The normalized spacial score (nSPS) is 22.1. The van der Waals surface area contributed by atoms with Crippen LogP contribution in [0.3, 0.4) is 0 Å². The van der Waals surface area contributed by atoms with E-state index in [9.17, 15) is 4.79 Å². The summed E-state index contributed by atoms with van der Waals surface area (Å²) in [5.74, 6) is 0.795. The third kappa shape index (κ3) is 2.82. The topological polar surface area (TPSA) is 51.0 Å². The second kappa shape index (κ2) is 6.61. The fraction of sp³-hybridized carbons (Fsp3) is 0.471. The van der Waals surface area contributed by atoms with Gasteiger partial charge in [0.2, 0.25) is 0 Å². The standard InChI is InChI=1S/C17H19BrN4OS/c1-2-13-19-17-22(20-13)16(23)15(24-17)14(21-8-3-4-9-21)11-6-5-7-12(18)10-11/h5-7,10,14-15H,2-4,8-9H2,1H3. The number of benzene rings is 1. The van der Waals surface area contributed by atoms with Crippen LogP contribution in [0.15, 0.2) is 33.9 Å². The average molecular weight is 407 g/mol. The molecule has 0 N–H and O–H groups in total. The molecule has 0 aliphatic carbocycles. The van der Waals surface area contributed by atoms with Crippen molar-refractivity contribution in [1.29, 1.82) is 0 Å². The van der Waals surface area contributed by atoms with Crippen molar-refractivity contribution in [2.75, 3.05) is 13.1 Å². The van der Waals surface area contributed by atoms with Gasteiger partial charge in [0.1, 0.15) is 5.25 Å². The molecule has 24 heavy (non-hydrogen) atoms. The third-order valence-corrected chi connectivity index (χ3v) is 6.31. The lowest BCUT2D eigenvalue weighted by Gasteiger charge is -2.31. The molecular formula is C17H19BrN4OS. The lowest BCUT2D eigenvalue weighted by molar-refractivity contribution is 0.0847. The van der Waals surface area contributed by atoms with Crippen molar-refractivity contribution in [1.82, 2.24) is 19.7 Å². The van der Waals surface area contributed by atoms with Gasteiger partial charge in [-0.2, -0.15) is 4.68 Å². The van der Waals surface area contributed by atoms with Gasteiger partial charge in [-0.15, -0.1) is 5.10 Å². The van der Waals surface area contributed by atoms with Crippen molar-refractivity contribution < 1.29 is 4.79 Å². The van der Waals surface area contributed by atoms with Crippen LogP contribution in [-0.2, 0) is 6.42 Å². The van der Waals surface area contributed by atoms with Gasteiger partial charge in [-0.25, -0.2) is 4.98 Å². The molecule has 1 saturated heterocycles. The fourth-order valence-electron chi connectivity index (χ4n) is 3.48. The summed E-state index contributed by atoms with van der Waals surface area (Å²) in [7, 11) is 0. The summed E-state index contributed by atoms with van der Waals surface area (Å²) in [6.07, 6.45) is 3.14. The number of aryl methyl sites for hydroxylation is 1. The van der Waals surface area contributed by atoms with E-state index < -0.39 is 0 Å². The maximum atomic E-state index is 13.0. The first-order valence-corrected chi connectivity index (χ1v) is 10.0. The van der Waals surface area contributed by atoms with Crippen molar-refractivity contribution in [3.63, 3.8) is 0 Å². The van der Waals surface area contributed by atoms with Crippen LogP contribution in [0, 0.1) is 0 Å². The molecule has 2 unspecified atom stereocenters. The quantitative estimate of drug-likeness (QED) is 0.776. The average Bonchev–Trinajstić information content (AvgIpc) is 3.28. The zero-order valence-corrected chi connectivity index (χ0v) is 15.9. The fourth-order valence-corrected chi connectivity index (χ4v) is 5.17. The lowest BCUT2D eigenvalue weighted by atomic mass is 10.0. The molecule has 2 aromatic rings. The highest BCUT2D eigenvalue weighted by atomic mass is 79.9. The summed E-state index contributed by atoms with van der Waals surface area (Å²) in [4.78, 5) is 19.9. The molecule has 1 aromatic carbocycles. The van der Waals surface area contributed by atoms with E-state index in [1.807, 2.05) is 19.1 Å². The van der Waals surface area contributed by atoms with E-state index in [1.165, 1.54) is 23.1 Å². The molecule has 2 atom stereocenters. The summed E-state index contributed by atoms with van der Waals surface area (Å²) in [6, 6.07) is 8.37. The van der Waals surface area contributed by atoms with E-state index in [4.69, 9.17) is 0 Å². The molecular weight excluding hydrogens is 388 g/mol. The third-order valence-electron chi connectivity index (χ3n) is 4.63. The number of rotatable bonds is 4. The summed E-state index contributed by atoms with van der Waals surface area (Å²) >= 11 is 5.12. The first kappa shape index (κ1) is 16.3. The number of nitrogens with zero attached hydrogens (tertiary/aromatic N) is 4. The van der Waals surface area contributed by atoms with E-state index in [2.05, 4.69) is 43.0 Å². The smallest absolute Gasteiger partial charge is 0.264 e. The Kier molecular flexibility index (Phi) is 4.49. The van der Waals surface area contributed by atoms with Crippen LogP contribution >= 0.6 is 27.7 Å². The number of carbonyl (C=O) groups is 1. The van der Waals surface area contributed by atoms with Crippen molar-refractivity contribution in [3.05, 3.63) is 40.1 Å². The minimum Gasteiger partial charge on any atom is -0.295 e. The van der Waals surface area contributed by atoms with Gasteiger partial charge < -0.3 is 0 Å². The Morgan fingerprint density at radius 1 is 1.38 bits per heavy atom. The maximum Gasteiger partial charge on any atom is 0.264 e. The van der Waals surface area contributed by atoms with E-state index in [-0.39, 0.29) is 17.2 Å². The predicted octanol–water partition coefficient (Wildman–Crippen LogP) is 3.55. The molecule has 0 bridgehead atoms. The molecule has 0 radical (unpaired) electrons. The zero-order chi connectivity index (χ0) is 16.7. The Morgan fingerprint density at radius 2 is 2.17 bits per heavy atom. The molecule has 4 rings (SSSR count). The highest BCUT2D eigenvalue weighted by Crippen LogP contribution is 2.42. The minimum atomic E-state index is -0.182. The summed E-state index contributed by atoms with van der Waals surface area (Å²) in [5, 5.41) is 4.92. The number of fused-ring (bicyclic) bond motifs is 1. The van der Waals surface area contributed by atoms with Crippen LogP contribution in [0.5, 0.6) is 0 Å².